The van der Waals surface area contributed by atoms with Crippen LogP contribution in [0.3, 0.4) is 0 Å². The number of carbonyl (C=O) groups is 1. The zero-order valence-electron chi connectivity index (χ0n) is 15.3. The molecule has 1 amide bonds. The molecule has 8 heteroatoms. The minimum atomic E-state index is -0.374. The van der Waals surface area contributed by atoms with Gasteiger partial charge < -0.3 is 5.11 Å². The second-order valence-electron chi connectivity index (χ2n) is 6.31. The zero-order valence-corrected chi connectivity index (χ0v) is 16.8. The fraction of sp³-hybridized carbons (Fsp3) is 0.150. The lowest BCUT2D eigenvalue weighted by atomic mass is 10.1. The number of hydrogen-bond donors (Lipinski definition) is 2. The van der Waals surface area contributed by atoms with Crippen molar-refractivity contribution in [2.45, 2.75) is 20.4 Å². The summed E-state index contributed by atoms with van der Waals surface area (Å²) in [5.74, 6) is -0.529. The average Bonchev–Trinajstić information content (AvgIpc) is 2.96. The molecule has 0 fully saturated rings. The maximum atomic E-state index is 12.2. The summed E-state index contributed by atoms with van der Waals surface area (Å²) in [6.07, 6.45) is 1.28. The van der Waals surface area contributed by atoms with Crippen LogP contribution >= 0.6 is 23.2 Å². The summed E-state index contributed by atoms with van der Waals surface area (Å²) in [5.41, 5.74) is 6.26. The van der Waals surface area contributed by atoms with E-state index in [4.69, 9.17) is 23.2 Å². The number of phenols is 1. The van der Waals surface area contributed by atoms with Gasteiger partial charge >= 0.3 is 0 Å². The third-order valence-corrected chi connectivity index (χ3v) is 4.59. The Morgan fingerprint density at radius 2 is 1.93 bits per heavy atom. The summed E-state index contributed by atoms with van der Waals surface area (Å²) in [6.45, 7) is 4.59. The quantitative estimate of drug-likeness (QED) is 0.479. The Morgan fingerprint density at radius 3 is 2.57 bits per heavy atom. The Kier molecular flexibility index (Phi) is 6.02. The van der Waals surface area contributed by atoms with E-state index in [-0.39, 0.29) is 16.7 Å². The molecule has 0 saturated carbocycles. The molecular formula is C20H18Cl2N4O2. The van der Waals surface area contributed by atoms with E-state index in [1.807, 2.05) is 36.7 Å². The van der Waals surface area contributed by atoms with Crippen molar-refractivity contribution < 1.29 is 9.90 Å². The van der Waals surface area contributed by atoms with Crippen molar-refractivity contribution in [1.29, 1.82) is 0 Å². The monoisotopic (exact) mass is 416 g/mol. The average molecular weight is 417 g/mol. The third kappa shape index (κ3) is 4.71. The van der Waals surface area contributed by atoms with Crippen molar-refractivity contribution in [3.8, 4) is 5.75 Å². The number of rotatable bonds is 5. The molecule has 0 aliphatic heterocycles. The van der Waals surface area contributed by atoms with Gasteiger partial charge in [0.15, 0.2) is 0 Å². The number of phenolic OH excluding ortho intramolecular Hbond substituents is 1. The van der Waals surface area contributed by atoms with E-state index in [1.165, 1.54) is 18.3 Å². The van der Waals surface area contributed by atoms with Gasteiger partial charge in [-0.05, 0) is 49.7 Å². The van der Waals surface area contributed by atoms with E-state index in [0.717, 1.165) is 17.0 Å². The number of nitrogens with zero attached hydrogens (tertiary/aromatic N) is 3. The molecule has 0 unspecified atom stereocenters. The Hall–Kier alpha value is -2.83. The van der Waals surface area contributed by atoms with Crippen molar-refractivity contribution in [3.05, 3.63) is 80.6 Å². The lowest BCUT2D eigenvalue weighted by Gasteiger charge is -2.06. The molecular weight excluding hydrogens is 399 g/mol. The molecule has 0 saturated heterocycles. The van der Waals surface area contributed by atoms with Crippen LogP contribution in [0.2, 0.25) is 10.0 Å². The molecule has 0 aliphatic rings. The van der Waals surface area contributed by atoms with Gasteiger partial charge in [-0.2, -0.15) is 10.2 Å². The Bertz CT molecular complexity index is 1040. The Balaban J connectivity index is 1.64. The lowest BCUT2D eigenvalue weighted by Crippen LogP contribution is -2.17. The first-order valence-electron chi connectivity index (χ1n) is 8.45. The molecule has 28 heavy (non-hydrogen) atoms. The van der Waals surface area contributed by atoms with E-state index >= 15 is 0 Å². The van der Waals surface area contributed by atoms with E-state index in [2.05, 4.69) is 15.6 Å². The van der Waals surface area contributed by atoms with Crippen molar-refractivity contribution in [2.24, 2.45) is 5.10 Å². The van der Waals surface area contributed by atoms with Crippen molar-refractivity contribution >= 4 is 35.3 Å². The van der Waals surface area contributed by atoms with Crippen LogP contribution in [0.1, 0.15) is 32.9 Å². The first-order chi connectivity index (χ1) is 13.3. The van der Waals surface area contributed by atoms with Crippen LogP contribution in [-0.2, 0) is 6.54 Å². The first-order valence-corrected chi connectivity index (χ1v) is 9.20. The normalized spacial score (nSPS) is 11.1. The second kappa shape index (κ2) is 8.46. The van der Waals surface area contributed by atoms with Crippen LogP contribution in [0.25, 0.3) is 0 Å². The highest BCUT2D eigenvalue weighted by atomic mass is 35.5. The summed E-state index contributed by atoms with van der Waals surface area (Å²) in [7, 11) is 0. The van der Waals surface area contributed by atoms with Gasteiger partial charge in [-0.15, -0.1) is 0 Å². The number of aryl methyl sites for hydroxylation is 2. The van der Waals surface area contributed by atoms with Gasteiger partial charge in [0.1, 0.15) is 5.75 Å². The van der Waals surface area contributed by atoms with Gasteiger partial charge in [0, 0.05) is 21.8 Å². The Labute approximate surface area is 172 Å². The molecule has 0 atom stereocenters. The topological polar surface area (TPSA) is 79.5 Å². The highest BCUT2D eigenvalue weighted by Crippen LogP contribution is 2.29. The number of carbonyl (C=O) groups excluding carboxylic acids is 1. The fourth-order valence-electron chi connectivity index (χ4n) is 2.68. The molecule has 0 bridgehead atoms. The SMILES string of the molecule is Cc1cc(C)n(Cc2ccc(C(=O)N/N=C/c3cc(Cl)cc(Cl)c3O)cc2)n1. The molecule has 144 valence electrons. The van der Waals surface area contributed by atoms with E-state index < -0.39 is 0 Å². The molecule has 3 rings (SSSR count). The highest BCUT2D eigenvalue weighted by molar-refractivity contribution is 6.36. The molecule has 1 heterocycles. The summed E-state index contributed by atoms with van der Waals surface area (Å²) in [4.78, 5) is 12.2. The highest BCUT2D eigenvalue weighted by Gasteiger charge is 2.08. The van der Waals surface area contributed by atoms with Gasteiger partial charge in [-0.3, -0.25) is 9.48 Å². The maximum absolute atomic E-state index is 12.2. The standard InChI is InChI=1S/C20H18Cl2N4O2/c1-12-7-13(2)26(25-12)11-14-3-5-15(6-4-14)20(28)24-23-10-16-8-17(21)9-18(22)19(16)27/h3-10,27H,11H2,1-2H3,(H,24,28)/b23-10+. The molecule has 1 aromatic heterocycles. The fourth-order valence-corrected chi connectivity index (χ4v) is 3.19. The van der Waals surface area contributed by atoms with Gasteiger partial charge in [-0.25, -0.2) is 5.43 Å². The van der Waals surface area contributed by atoms with E-state index in [9.17, 15) is 9.90 Å². The predicted octanol–water partition coefficient (Wildman–Crippen LogP) is 4.32. The number of hydrogen-bond acceptors (Lipinski definition) is 4. The minimum Gasteiger partial charge on any atom is -0.506 e. The minimum absolute atomic E-state index is 0.110. The molecule has 2 aromatic carbocycles. The smallest absolute Gasteiger partial charge is 0.271 e. The molecule has 2 N–H and O–H groups in total. The number of nitrogens with one attached hydrogen (secondary N) is 1. The summed E-state index contributed by atoms with van der Waals surface area (Å²) < 4.78 is 1.91. The van der Waals surface area contributed by atoms with Gasteiger partial charge in [0.05, 0.1) is 23.5 Å². The molecule has 3 aromatic rings. The van der Waals surface area contributed by atoms with Gasteiger partial charge in [-0.1, -0.05) is 35.3 Å². The maximum Gasteiger partial charge on any atom is 0.271 e. The molecule has 6 nitrogen and oxygen atoms in total. The van der Waals surface area contributed by atoms with Crippen LogP contribution < -0.4 is 5.43 Å². The second-order valence-corrected chi connectivity index (χ2v) is 7.15. The van der Waals surface area contributed by atoms with Crippen molar-refractivity contribution in [1.82, 2.24) is 15.2 Å². The van der Waals surface area contributed by atoms with E-state index in [1.54, 1.807) is 12.1 Å². The molecule has 0 radical (unpaired) electrons. The number of amides is 1. The molecule has 0 aliphatic carbocycles. The van der Waals surface area contributed by atoms with Gasteiger partial charge in [0.25, 0.3) is 5.91 Å². The van der Waals surface area contributed by atoms with Gasteiger partial charge in [0.2, 0.25) is 0 Å². The van der Waals surface area contributed by atoms with Crippen molar-refractivity contribution in [2.75, 3.05) is 0 Å². The van der Waals surface area contributed by atoms with Crippen LogP contribution in [0.4, 0.5) is 0 Å². The number of benzene rings is 2. The number of halogens is 2. The summed E-state index contributed by atoms with van der Waals surface area (Å²) >= 11 is 11.7. The van der Waals surface area contributed by atoms with Crippen molar-refractivity contribution in [3.63, 3.8) is 0 Å². The predicted molar refractivity (Wildman–Crippen MR) is 110 cm³/mol. The number of aromatic hydroxyl groups is 1. The van der Waals surface area contributed by atoms with E-state index in [0.29, 0.717) is 22.7 Å². The number of aromatic nitrogens is 2. The van der Waals surface area contributed by atoms with Crippen LogP contribution in [-0.4, -0.2) is 27.0 Å². The largest absolute Gasteiger partial charge is 0.506 e. The summed E-state index contributed by atoms with van der Waals surface area (Å²) in [6, 6.07) is 12.1. The zero-order chi connectivity index (χ0) is 20.3. The third-order valence-electron chi connectivity index (χ3n) is 4.08. The van der Waals surface area contributed by atoms with Crippen LogP contribution in [0.5, 0.6) is 5.75 Å². The lowest BCUT2D eigenvalue weighted by molar-refractivity contribution is 0.0955. The van der Waals surface area contributed by atoms with Crippen LogP contribution in [0, 0.1) is 13.8 Å². The number of hydrazone groups is 1. The Morgan fingerprint density at radius 1 is 1.21 bits per heavy atom. The summed E-state index contributed by atoms with van der Waals surface area (Å²) in [5, 5.41) is 18.6. The van der Waals surface area contributed by atoms with Crippen LogP contribution in [0.15, 0.2) is 47.6 Å². The first kappa shape index (κ1) is 19.9. The molecule has 0 spiro atoms.